The molecule has 4 saturated heterocycles. The molecule has 19 heteroatoms. The number of allylic oxidation sites excluding steroid dienone is 1. The van der Waals surface area contributed by atoms with Gasteiger partial charge in [0.05, 0.1) is 24.3 Å². The van der Waals surface area contributed by atoms with Crippen LogP contribution in [0.2, 0.25) is 0 Å². The third kappa shape index (κ3) is 9.98. The van der Waals surface area contributed by atoms with Crippen molar-refractivity contribution in [3.05, 3.63) is 64.3 Å². The standard InChI is InChI=1S/C48H60F2N10O7/c1-28(61)58-20-14-37(36(25-58)45(52)59-15-4-5-30-21-34(31(23-51)24-53-2)35(44(49)50)22-39(30)59)54-32-12-18-57(19-13-32)42(63)26-56-16-10-29(11-17-56)27-67-40-7-3-6-33-43(40)48(66)60(47(33)65)38-8-9-41(62)55-46(38)64/h3,6-7,21-24,29,32,36-38,44,52,54H,4-5,8-20,25-27,51H2,1-2H3,(H,55,62,64)/b31-23+,52-45?,53-24?. The molecule has 0 radical (unpaired) electrons. The second-order valence-electron chi connectivity index (χ2n) is 18.5. The zero-order valence-electron chi connectivity index (χ0n) is 38.1. The Balaban J connectivity index is 0.827. The number of nitrogens with one attached hydrogen (secondary N) is 3. The lowest BCUT2D eigenvalue weighted by atomic mass is 9.86. The molecule has 3 unspecified atom stereocenters. The molecular weight excluding hydrogens is 867 g/mol. The first-order valence-corrected chi connectivity index (χ1v) is 23.4. The molecule has 2 aromatic rings. The number of ether oxygens (including phenoxy) is 1. The van der Waals surface area contributed by atoms with Gasteiger partial charge in [-0.2, -0.15) is 0 Å². The smallest absolute Gasteiger partial charge is 0.266 e. The van der Waals surface area contributed by atoms with E-state index in [9.17, 15) is 43.0 Å². The summed E-state index contributed by atoms with van der Waals surface area (Å²) in [5, 5.41) is 15.6. The lowest BCUT2D eigenvalue weighted by Gasteiger charge is -2.45. The minimum Gasteiger partial charge on any atom is -0.492 e. The van der Waals surface area contributed by atoms with Crippen LogP contribution in [-0.4, -0.2) is 151 Å². The topological polar surface area (TPSA) is 214 Å². The van der Waals surface area contributed by atoms with Gasteiger partial charge in [-0.05, 0) is 106 Å². The van der Waals surface area contributed by atoms with Gasteiger partial charge in [0.15, 0.2) is 0 Å². The summed E-state index contributed by atoms with van der Waals surface area (Å²) < 4.78 is 35.3. The van der Waals surface area contributed by atoms with Crippen molar-refractivity contribution in [2.45, 2.75) is 89.3 Å². The number of benzene rings is 2. The number of piperidine rings is 4. The van der Waals surface area contributed by atoms with Crippen molar-refractivity contribution < 1.29 is 42.3 Å². The zero-order chi connectivity index (χ0) is 47.5. The number of carbonyl (C=O) groups is 6. The Hall–Kier alpha value is -6.08. The molecule has 8 rings (SSSR count). The summed E-state index contributed by atoms with van der Waals surface area (Å²) in [6, 6.07) is 6.96. The molecule has 0 aromatic heterocycles. The van der Waals surface area contributed by atoms with Gasteiger partial charge in [-0.3, -0.25) is 54.3 Å². The van der Waals surface area contributed by atoms with Crippen LogP contribution in [0.25, 0.3) is 5.57 Å². The van der Waals surface area contributed by atoms with E-state index in [1.54, 1.807) is 30.1 Å². The van der Waals surface area contributed by atoms with Crippen LogP contribution < -0.4 is 26.0 Å². The third-order valence-corrected chi connectivity index (χ3v) is 14.3. The predicted molar refractivity (Wildman–Crippen MR) is 246 cm³/mol. The Morgan fingerprint density at radius 3 is 2.40 bits per heavy atom. The number of hydrogen-bond donors (Lipinski definition) is 4. The minimum absolute atomic E-state index is 0.0367. The van der Waals surface area contributed by atoms with E-state index < -0.39 is 36.1 Å². The van der Waals surface area contributed by atoms with Crippen molar-refractivity contribution in [2.24, 2.45) is 22.6 Å². The number of carbonyl (C=O) groups excluding carboxylic acids is 6. The summed E-state index contributed by atoms with van der Waals surface area (Å²) in [5.41, 5.74) is 8.10. The molecule has 0 aliphatic carbocycles. The van der Waals surface area contributed by atoms with E-state index in [0.717, 1.165) is 42.6 Å². The Labute approximate surface area is 388 Å². The first-order chi connectivity index (χ1) is 32.3. The summed E-state index contributed by atoms with van der Waals surface area (Å²) in [7, 11) is 1.56. The number of hydrogen-bond acceptors (Lipinski definition) is 12. The normalized spacial score (nSPS) is 23.5. The molecule has 0 spiro atoms. The SMILES string of the molecule is CN=C/C(=C\N)c1cc2c(cc1C(F)F)N(C(=N)C1CN(C(C)=O)CCC1NC1CCN(C(=O)CN3CCC(COc4cccc5c4C(=O)N(C4CCC(=O)NC4=O)C5=O)CC3)CC1)CCC2. The number of nitrogens with two attached hydrogens (primary N) is 1. The Kier molecular flexibility index (Phi) is 14.5. The molecule has 2 aromatic carbocycles. The largest absolute Gasteiger partial charge is 0.492 e. The first kappa shape index (κ1) is 47.4. The average Bonchev–Trinajstić information content (AvgIpc) is 3.58. The molecule has 6 amide bonds. The highest BCUT2D eigenvalue weighted by molar-refractivity contribution is 6.24. The maximum atomic E-state index is 14.6. The number of halogens is 2. The molecular formula is C48H60F2N10O7. The molecule has 67 heavy (non-hydrogen) atoms. The molecule has 4 fully saturated rings. The molecule has 5 N–H and O–H groups in total. The van der Waals surface area contributed by atoms with Gasteiger partial charge in [0, 0.05) is 100 Å². The molecule has 6 aliphatic heterocycles. The Morgan fingerprint density at radius 2 is 1.72 bits per heavy atom. The lowest BCUT2D eigenvalue weighted by Crippen LogP contribution is -2.59. The van der Waals surface area contributed by atoms with Gasteiger partial charge in [0.1, 0.15) is 17.6 Å². The van der Waals surface area contributed by atoms with Crippen LogP contribution in [0.1, 0.15) is 102 Å². The molecule has 17 nitrogen and oxygen atoms in total. The maximum absolute atomic E-state index is 14.6. The molecule has 0 saturated carbocycles. The summed E-state index contributed by atoms with van der Waals surface area (Å²) in [4.78, 5) is 89.7. The fourth-order valence-electron chi connectivity index (χ4n) is 10.6. The van der Waals surface area contributed by atoms with Gasteiger partial charge in [-0.15, -0.1) is 0 Å². The molecule has 358 valence electrons. The summed E-state index contributed by atoms with van der Waals surface area (Å²) in [6.45, 7) is 6.08. The summed E-state index contributed by atoms with van der Waals surface area (Å²) in [5.74, 6) is -1.95. The van der Waals surface area contributed by atoms with Crippen LogP contribution in [0, 0.1) is 17.2 Å². The third-order valence-electron chi connectivity index (χ3n) is 14.3. The Bertz CT molecular complexity index is 2360. The highest BCUT2D eigenvalue weighted by Crippen LogP contribution is 2.39. The number of likely N-dealkylation sites (tertiary alicyclic amines) is 3. The number of alkyl halides is 2. The fraction of sp³-hybridized carbons (Fsp3) is 0.542. The molecule has 0 bridgehead atoms. The van der Waals surface area contributed by atoms with E-state index in [2.05, 4.69) is 20.5 Å². The maximum Gasteiger partial charge on any atom is 0.266 e. The number of amidine groups is 1. The number of amides is 6. The average molecular weight is 927 g/mol. The van der Waals surface area contributed by atoms with Gasteiger partial charge in [0.25, 0.3) is 18.2 Å². The number of imide groups is 2. The van der Waals surface area contributed by atoms with Crippen LogP contribution in [0.15, 0.2) is 41.5 Å². The minimum atomic E-state index is -2.77. The van der Waals surface area contributed by atoms with E-state index >= 15 is 0 Å². The van der Waals surface area contributed by atoms with Gasteiger partial charge < -0.3 is 30.5 Å². The highest BCUT2D eigenvalue weighted by atomic mass is 19.3. The Morgan fingerprint density at radius 1 is 0.970 bits per heavy atom. The van der Waals surface area contributed by atoms with Crippen molar-refractivity contribution >= 4 is 58.8 Å². The van der Waals surface area contributed by atoms with Crippen molar-refractivity contribution in [2.75, 3.05) is 70.9 Å². The van der Waals surface area contributed by atoms with Crippen LogP contribution in [-0.2, 0) is 25.6 Å². The zero-order valence-corrected chi connectivity index (χ0v) is 38.1. The highest BCUT2D eigenvalue weighted by Gasteiger charge is 2.46. The monoisotopic (exact) mass is 926 g/mol. The van der Waals surface area contributed by atoms with E-state index in [0.29, 0.717) is 94.5 Å². The number of anilines is 1. The van der Waals surface area contributed by atoms with Crippen LogP contribution in [0.5, 0.6) is 5.75 Å². The molecule has 3 atom stereocenters. The number of fused-ring (bicyclic) bond motifs is 2. The second-order valence-corrected chi connectivity index (χ2v) is 18.5. The number of aryl methyl sites for hydroxylation is 1. The number of aliphatic imine (C=N–C) groups is 1. The van der Waals surface area contributed by atoms with Crippen LogP contribution >= 0.6 is 0 Å². The van der Waals surface area contributed by atoms with Gasteiger partial charge in [0.2, 0.25) is 23.6 Å². The fourth-order valence-corrected chi connectivity index (χ4v) is 10.6. The molecule has 6 aliphatic rings. The van der Waals surface area contributed by atoms with E-state index in [4.69, 9.17) is 10.5 Å². The quantitative estimate of drug-likeness (QED) is 0.138. The van der Waals surface area contributed by atoms with Crippen molar-refractivity contribution in [1.29, 1.82) is 5.41 Å². The van der Waals surface area contributed by atoms with Crippen LogP contribution in [0.3, 0.4) is 0 Å². The van der Waals surface area contributed by atoms with Crippen molar-refractivity contribution in [3.63, 3.8) is 0 Å². The van der Waals surface area contributed by atoms with E-state index in [1.807, 2.05) is 9.80 Å². The lowest BCUT2D eigenvalue weighted by molar-refractivity contribution is -0.136. The van der Waals surface area contributed by atoms with Crippen molar-refractivity contribution in [3.8, 4) is 5.75 Å². The van der Waals surface area contributed by atoms with E-state index in [-0.39, 0.29) is 71.0 Å². The van der Waals surface area contributed by atoms with Crippen molar-refractivity contribution in [1.82, 2.24) is 30.2 Å². The predicted octanol–water partition coefficient (Wildman–Crippen LogP) is 3.36. The molecule has 6 heterocycles. The summed E-state index contributed by atoms with van der Waals surface area (Å²) in [6.07, 6.45) is 5.11. The number of rotatable bonds is 12. The van der Waals surface area contributed by atoms with Gasteiger partial charge in [-0.25, -0.2) is 8.78 Å². The summed E-state index contributed by atoms with van der Waals surface area (Å²) >= 11 is 0. The van der Waals surface area contributed by atoms with Gasteiger partial charge >= 0.3 is 0 Å². The first-order valence-electron chi connectivity index (χ1n) is 23.4. The van der Waals surface area contributed by atoms with Gasteiger partial charge in [-0.1, -0.05) is 6.07 Å². The second kappa shape index (κ2) is 20.4. The number of nitrogens with zero attached hydrogens (tertiary/aromatic N) is 6. The van der Waals surface area contributed by atoms with Crippen LogP contribution in [0.4, 0.5) is 14.5 Å². The van der Waals surface area contributed by atoms with E-state index in [1.165, 1.54) is 31.5 Å².